The van der Waals surface area contributed by atoms with Gasteiger partial charge in [-0.2, -0.15) is 0 Å². The van der Waals surface area contributed by atoms with E-state index in [1.165, 1.54) is 19.4 Å². The number of benzene rings is 1. The minimum absolute atomic E-state index is 0.0108. The maximum atomic E-state index is 13.2. The molecule has 1 aromatic carbocycles. The van der Waals surface area contributed by atoms with Gasteiger partial charge in [0.2, 0.25) is 15.0 Å². The van der Waals surface area contributed by atoms with Gasteiger partial charge in [0.1, 0.15) is 0 Å². The van der Waals surface area contributed by atoms with E-state index in [1.807, 2.05) is 34.9 Å². The standard InChI is InChI=1S/C22H32N4O2S/c1-18(2)14-26-21(16-24-11-12-25-10-6-9-20(25)15-24)13-23-22(26)29(27,28)17-19-7-4-3-5-8-19/h3-5,7-8,13,18,20H,6,9-12,14-17H2,1-2H3. The molecule has 2 fully saturated rings. The quantitative estimate of drug-likeness (QED) is 0.695. The van der Waals surface area contributed by atoms with Gasteiger partial charge in [0.05, 0.1) is 17.6 Å². The molecular weight excluding hydrogens is 384 g/mol. The molecule has 1 atom stereocenters. The second kappa shape index (κ2) is 8.58. The van der Waals surface area contributed by atoms with Crippen molar-refractivity contribution in [3.05, 3.63) is 47.8 Å². The van der Waals surface area contributed by atoms with Crippen LogP contribution in [0.25, 0.3) is 0 Å². The number of aromatic nitrogens is 2. The van der Waals surface area contributed by atoms with Crippen molar-refractivity contribution in [1.82, 2.24) is 19.4 Å². The zero-order valence-electron chi connectivity index (χ0n) is 17.5. The summed E-state index contributed by atoms with van der Waals surface area (Å²) >= 11 is 0. The van der Waals surface area contributed by atoms with Gasteiger partial charge in [0, 0.05) is 38.8 Å². The molecule has 0 radical (unpaired) electrons. The van der Waals surface area contributed by atoms with Crippen molar-refractivity contribution in [3.63, 3.8) is 0 Å². The first-order valence-corrected chi connectivity index (χ1v) is 12.3. The number of nitrogens with zero attached hydrogens (tertiary/aromatic N) is 4. The third-order valence-electron chi connectivity index (χ3n) is 5.98. The fourth-order valence-corrected chi connectivity index (χ4v) is 6.11. The van der Waals surface area contributed by atoms with Crippen LogP contribution in [0.15, 0.2) is 41.7 Å². The van der Waals surface area contributed by atoms with E-state index in [0.29, 0.717) is 18.5 Å². The Morgan fingerprint density at radius 2 is 1.93 bits per heavy atom. The SMILES string of the molecule is CC(C)Cn1c(CN2CCN3CCCC3C2)cnc1S(=O)(=O)Cc1ccccc1. The summed E-state index contributed by atoms with van der Waals surface area (Å²) in [6, 6.07) is 10.0. The lowest BCUT2D eigenvalue weighted by molar-refractivity contribution is 0.0972. The van der Waals surface area contributed by atoms with Crippen LogP contribution in [-0.4, -0.2) is 60.0 Å². The third-order valence-corrected chi connectivity index (χ3v) is 7.58. The van der Waals surface area contributed by atoms with Gasteiger partial charge >= 0.3 is 0 Å². The van der Waals surface area contributed by atoms with Crippen LogP contribution in [0.1, 0.15) is 37.9 Å². The normalized spacial score (nSPS) is 21.0. The number of sulfone groups is 1. The van der Waals surface area contributed by atoms with E-state index in [4.69, 9.17) is 0 Å². The molecule has 158 valence electrons. The lowest BCUT2D eigenvalue weighted by Gasteiger charge is -2.37. The van der Waals surface area contributed by atoms with Gasteiger partial charge in [-0.15, -0.1) is 0 Å². The second-order valence-electron chi connectivity index (χ2n) is 8.85. The first kappa shape index (κ1) is 20.6. The Morgan fingerprint density at radius 3 is 2.69 bits per heavy atom. The maximum absolute atomic E-state index is 13.2. The summed E-state index contributed by atoms with van der Waals surface area (Å²) in [5.74, 6) is 0.337. The highest BCUT2D eigenvalue weighted by Crippen LogP contribution is 2.24. The van der Waals surface area contributed by atoms with Crippen LogP contribution in [0.3, 0.4) is 0 Å². The molecule has 1 unspecified atom stereocenters. The lowest BCUT2D eigenvalue weighted by atomic mass is 10.1. The number of fused-ring (bicyclic) bond motifs is 1. The Morgan fingerprint density at radius 1 is 1.14 bits per heavy atom. The summed E-state index contributed by atoms with van der Waals surface area (Å²) in [6.45, 7) is 10.1. The summed E-state index contributed by atoms with van der Waals surface area (Å²) in [5, 5.41) is 0.213. The zero-order chi connectivity index (χ0) is 20.4. The van der Waals surface area contributed by atoms with Gasteiger partial charge in [-0.1, -0.05) is 44.2 Å². The van der Waals surface area contributed by atoms with E-state index in [9.17, 15) is 8.42 Å². The van der Waals surface area contributed by atoms with Crippen molar-refractivity contribution in [2.45, 2.75) is 56.7 Å². The Bertz CT molecular complexity index is 924. The third kappa shape index (κ3) is 4.73. The van der Waals surface area contributed by atoms with Crippen molar-refractivity contribution >= 4 is 9.84 Å². The molecule has 2 aliphatic heterocycles. The molecule has 2 aromatic rings. The highest BCUT2D eigenvalue weighted by Gasteiger charge is 2.31. The molecule has 2 aliphatic rings. The molecule has 0 bridgehead atoms. The first-order valence-electron chi connectivity index (χ1n) is 10.7. The molecule has 0 N–H and O–H groups in total. The minimum atomic E-state index is -3.50. The van der Waals surface area contributed by atoms with E-state index >= 15 is 0 Å². The van der Waals surface area contributed by atoms with Crippen molar-refractivity contribution in [1.29, 1.82) is 0 Å². The molecule has 3 heterocycles. The maximum Gasteiger partial charge on any atom is 0.228 e. The van der Waals surface area contributed by atoms with Gasteiger partial charge in [-0.05, 0) is 30.9 Å². The Kier molecular flexibility index (Phi) is 6.08. The fourth-order valence-electron chi connectivity index (χ4n) is 4.61. The van der Waals surface area contributed by atoms with Crippen LogP contribution in [-0.2, 0) is 28.7 Å². The van der Waals surface area contributed by atoms with Crippen LogP contribution in [0.2, 0.25) is 0 Å². The molecule has 0 saturated carbocycles. The highest BCUT2D eigenvalue weighted by atomic mass is 32.2. The van der Waals surface area contributed by atoms with Gasteiger partial charge in [0.15, 0.2) is 0 Å². The monoisotopic (exact) mass is 416 g/mol. The summed E-state index contributed by atoms with van der Waals surface area (Å²) in [4.78, 5) is 9.47. The summed E-state index contributed by atoms with van der Waals surface area (Å²) in [6.07, 6.45) is 4.35. The predicted octanol–water partition coefficient (Wildman–Crippen LogP) is 2.79. The lowest BCUT2D eigenvalue weighted by Crippen LogP contribution is -2.49. The molecule has 0 aliphatic carbocycles. The first-order chi connectivity index (χ1) is 13.9. The number of rotatable bonds is 7. The van der Waals surface area contributed by atoms with Crippen LogP contribution >= 0.6 is 0 Å². The van der Waals surface area contributed by atoms with E-state index in [0.717, 1.165) is 37.4 Å². The highest BCUT2D eigenvalue weighted by molar-refractivity contribution is 7.90. The van der Waals surface area contributed by atoms with E-state index in [-0.39, 0.29) is 10.9 Å². The van der Waals surface area contributed by atoms with Gasteiger partial charge in [-0.3, -0.25) is 9.80 Å². The molecule has 29 heavy (non-hydrogen) atoms. The van der Waals surface area contributed by atoms with Gasteiger partial charge < -0.3 is 4.57 Å². The van der Waals surface area contributed by atoms with E-state index in [1.54, 1.807) is 6.20 Å². The van der Waals surface area contributed by atoms with Gasteiger partial charge in [-0.25, -0.2) is 13.4 Å². The molecule has 4 rings (SSSR count). The number of hydrogen-bond donors (Lipinski definition) is 0. The number of hydrogen-bond acceptors (Lipinski definition) is 5. The fraction of sp³-hybridized carbons (Fsp3) is 0.591. The van der Waals surface area contributed by atoms with Crippen LogP contribution in [0.4, 0.5) is 0 Å². The molecule has 0 spiro atoms. The Hall–Kier alpha value is -1.70. The predicted molar refractivity (Wildman–Crippen MR) is 114 cm³/mol. The van der Waals surface area contributed by atoms with E-state index in [2.05, 4.69) is 28.6 Å². The molecule has 7 heteroatoms. The number of piperazine rings is 1. The van der Waals surface area contributed by atoms with Crippen molar-refractivity contribution in [2.24, 2.45) is 5.92 Å². The van der Waals surface area contributed by atoms with Gasteiger partial charge in [0.25, 0.3) is 0 Å². The topological polar surface area (TPSA) is 58.4 Å². The minimum Gasteiger partial charge on any atom is -0.317 e. The Labute approximate surface area is 174 Å². The summed E-state index contributed by atoms with van der Waals surface area (Å²) in [7, 11) is -3.50. The molecule has 0 amide bonds. The zero-order valence-corrected chi connectivity index (χ0v) is 18.3. The van der Waals surface area contributed by atoms with E-state index < -0.39 is 9.84 Å². The molecule has 6 nitrogen and oxygen atoms in total. The number of imidazole rings is 1. The molecular formula is C22H32N4O2S. The average Bonchev–Trinajstić information content (AvgIpc) is 3.29. The van der Waals surface area contributed by atoms with Crippen molar-refractivity contribution in [3.8, 4) is 0 Å². The summed E-state index contributed by atoms with van der Waals surface area (Å²) < 4.78 is 28.3. The van der Waals surface area contributed by atoms with Crippen LogP contribution in [0, 0.1) is 5.92 Å². The molecule has 2 saturated heterocycles. The van der Waals surface area contributed by atoms with Crippen LogP contribution in [0.5, 0.6) is 0 Å². The largest absolute Gasteiger partial charge is 0.317 e. The van der Waals surface area contributed by atoms with Crippen LogP contribution < -0.4 is 0 Å². The molecule has 1 aromatic heterocycles. The summed E-state index contributed by atoms with van der Waals surface area (Å²) in [5.41, 5.74) is 1.81. The average molecular weight is 417 g/mol. The smallest absolute Gasteiger partial charge is 0.228 e. The Balaban J connectivity index is 1.56. The van der Waals surface area contributed by atoms with Crippen molar-refractivity contribution < 1.29 is 8.42 Å². The van der Waals surface area contributed by atoms with Crippen molar-refractivity contribution in [2.75, 3.05) is 26.2 Å². The second-order valence-corrected chi connectivity index (χ2v) is 10.7.